The molecule has 0 aromatic rings. The molecule has 3 N–H and O–H groups in total. The number of carbonyl (C=O) groups is 4. The predicted octanol–water partition coefficient (Wildman–Crippen LogP) is 24.0. The molecule has 0 aliphatic heterocycles. The number of aliphatic hydroxyl groups excluding tert-OH is 1. The van der Waals surface area contributed by atoms with Gasteiger partial charge in [0.25, 0.3) is 0 Å². The first kappa shape index (κ1) is 97.1. The SMILES string of the molecule is CCCCCCCCCCCCCCCCCCCCCCCCC(=O)O[C@H](COC(=O)CCCCCCCCCCCCC(C)C)COP(=O)(O)OC[C@@H](O)COP(=O)(O)OC[C@@H](COC(=O)CCCCCCCCCCCCC)OC(=O)CCCCCCCCCCCCCCC. The van der Waals surface area contributed by atoms with E-state index >= 15 is 0 Å². The number of ether oxygens (including phenoxy) is 4. The van der Waals surface area contributed by atoms with E-state index in [1.807, 2.05) is 0 Å². The monoisotopic (exact) mass is 1450 g/mol. The highest BCUT2D eigenvalue weighted by molar-refractivity contribution is 7.47. The molecule has 19 heteroatoms. The van der Waals surface area contributed by atoms with Gasteiger partial charge in [-0.05, 0) is 31.6 Å². The van der Waals surface area contributed by atoms with Crippen molar-refractivity contribution in [2.24, 2.45) is 5.92 Å². The van der Waals surface area contributed by atoms with Gasteiger partial charge in [0.1, 0.15) is 19.3 Å². The van der Waals surface area contributed by atoms with Crippen molar-refractivity contribution in [2.75, 3.05) is 39.6 Å². The highest BCUT2D eigenvalue weighted by atomic mass is 31.2. The maximum atomic E-state index is 13.1. The normalized spacial score (nSPS) is 13.9. The Morgan fingerprint density at radius 3 is 0.687 bits per heavy atom. The van der Waals surface area contributed by atoms with E-state index in [2.05, 4.69) is 34.6 Å². The first-order chi connectivity index (χ1) is 48.0. The fourth-order valence-corrected chi connectivity index (χ4v) is 14.0. The van der Waals surface area contributed by atoms with Crippen molar-refractivity contribution in [3.8, 4) is 0 Å². The molecule has 0 radical (unpaired) electrons. The summed E-state index contributed by atoms with van der Waals surface area (Å²) in [6.07, 6.45) is 63.8. The molecule has 0 spiro atoms. The van der Waals surface area contributed by atoms with Crippen molar-refractivity contribution in [3.05, 3.63) is 0 Å². The van der Waals surface area contributed by atoms with Crippen molar-refractivity contribution in [1.82, 2.24) is 0 Å². The van der Waals surface area contributed by atoms with Gasteiger partial charge in [-0.15, -0.1) is 0 Å². The van der Waals surface area contributed by atoms with Crippen LogP contribution in [-0.4, -0.2) is 96.7 Å². The van der Waals surface area contributed by atoms with E-state index in [4.69, 9.17) is 37.0 Å². The van der Waals surface area contributed by atoms with Gasteiger partial charge in [0.15, 0.2) is 12.2 Å². The van der Waals surface area contributed by atoms with Crippen LogP contribution >= 0.6 is 15.6 Å². The molecule has 0 fully saturated rings. The second-order valence-corrected chi connectivity index (χ2v) is 32.2. The summed E-state index contributed by atoms with van der Waals surface area (Å²) in [6.45, 7) is 7.31. The average molecular weight is 1450 g/mol. The smallest absolute Gasteiger partial charge is 0.462 e. The number of phosphoric acid groups is 2. The Kier molecular flexibility index (Phi) is 71.6. The summed E-state index contributed by atoms with van der Waals surface area (Å²) in [5.41, 5.74) is 0. The number of hydrogen-bond acceptors (Lipinski definition) is 15. The zero-order valence-corrected chi connectivity index (χ0v) is 66.4. The summed E-state index contributed by atoms with van der Waals surface area (Å²) in [6, 6.07) is 0. The van der Waals surface area contributed by atoms with E-state index in [-0.39, 0.29) is 25.7 Å². The first-order valence-corrected chi connectivity index (χ1v) is 44.6. The molecule has 2 unspecified atom stereocenters. The lowest BCUT2D eigenvalue weighted by Crippen LogP contribution is -2.30. The van der Waals surface area contributed by atoms with Crippen LogP contribution < -0.4 is 0 Å². The number of rotatable bonds is 80. The lowest BCUT2D eigenvalue weighted by molar-refractivity contribution is -0.161. The summed E-state index contributed by atoms with van der Waals surface area (Å²) in [4.78, 5) is 72.9. The number of aliphatic hydroxyl groups is 1. The summed E-state index contributed by atoms with van der Waals surface area (Å²) in [5, 5.41) is 10.6. The number of phosphoric ester groups is 2. The first-order valence-electron chi connectivity index (χ1n) is 41.6. The highest BCUT2D eigenvalue weighted by Crippen LogP contribution is 2.45. The molecule has 0 aromatic heterocycles. The van der Waals surface area contributed by atoms with Crippen molar-refractivity contribution >= 4 is 39.5 Å². The Morgan fingerprint density at radius 2 is 0.465 bits per heavy atom. The molecule has 0 aliphatic carbocycles. The molecule has 0 heterocycles. The topological polar surface area (TPSA) is 237 Å². The third kappa shape index (κ3) is 74.1. The molecular formula is C80H156O17P2. The average Bonchev–Trinajstić information content (AvgIpc) is 2.82. The zero-order valence-electron chi connectivity index (χ0n) is 64.6. The van der Waals surface area contributed by atoms with Crippen molar-refractivity contribution < 1.29 is 80.2 Å². The van der Waals surface area contributed by atoms with E-state index in [0.29, 0.717) is 25.7 Å². The predicted molar refractivity (Wildman–Crippen MR) is 405 cm³/mol. The lowest BCUT2D eigenvalue weighted by Gasteiger charge is -2.21. The Morgan fingerprint density at radius 1 is 0.273 bits per heavy atom. The van der Waals surface area contributed by atoms with Crippen LogP contribution in [0.15, 0.2) is 0 Å². The maximum Gasteiger partial charge on any atom is 0.472 e. The second kappa shape index (κ2) is 73.0. The summed E-state index contributed by atoms with van der Waals surface area (Å²) < 4.78 is 68.7. The fraction of sp³-hybridized carbons (Fsp3) is 0.950. The van der Waals surface area contributed by atoms with Crippen LogP contribution in [0.1, 0.15) is 426 Å². The van der Waals surface area contributed by atoms with E-state index in [1.54, 1.807) is 0 Å². The third-order valence-electron chi connectivity index (χ3n) is 18.8. The number of unbranched alkanes of at least 4 members (excludes halogenated alkanes) is 52. The van der Waals surface area contributed by atoms with Crippen LogP contribution in [0.25, 0.3) is 0 Å². The standard InChI is InChI=1S/C80H156O17P2/c1-6-9-12-15-18-21-24-26-27-28-29-30-31-32-33-34-36-39-46-51-56-61-66-80(85)97-76(70-91-78(83)64-59-54-49-44-41-40-42-47-52-57-62-73(4)5)72-95-99(88,89)93-68-74(81)67-92-98(86,87)94-71-75(69-90-77(82)63-58-53-48-43-37-23-20-17-14-11-8-3)96-79(84)65-60-55-50-45-38-35-25-22-19-16-13-10-7-2/h73-76,81H,6-72H2,1-5H3,(H,86,87)(H,88,89)/t74-,75+,76+/m0/s1. The minimum atomic E-state index is -4.96. The molecule has 0 aliphatic rings. The maximum absolute atomic E-state index is 13.1. The van der Waals surface area contributed by atoms with Gasteiger partial charge in [0.2, 0.25) is 0 Å². The van der Waals surface area contributed by atoms with Crippen LogP contribution in [0.3, 0.4) is 0 Å². The van der Waals surface area contributed by atoms with E-state index in [9.17, 15) is 43.2 Å². The van der Waals surface area contributed by atoms with Crippen molar-refractivity contribution in [3.63, 3.8) is 0 Å². The molecule has 5 atom stereocenters. The van der Waals surface area contributed by atoms with Crippen LogP contribution in [0.2, 0.25) is 0 Å². The Labute approximate surface area is 607 Å². The van der Waals surface area contributed by atoms with Crippen LogP contribution in [0.5, 0.6) is 0 Å². The van der Waals surface area contributed by atoms with Gasteiger partial charge in [-0.2, -0.15) is 0 Å². The van der Waals surface area contributed by atoms with Gasteiger partial charge >= 0.3 is 39.5 Å². The van der Waals surface area contributed by atoms with Crippen LogP contribution in [-0.2, 0) is 65.4 Å². The Balaban J connectivity index is 5.20. The quantitative estimate of drug-likeness (QED) is 0.0222. The number of carbonyl (C=O) groups excluding carboxylic acids is 4. The molecule has 0 aromatic carbocycles. The van der Waals surface area contributed by atoms with Crippen LogP contribution in [0, 0.1) is 5.92 Å². The number of hydrogen-bond donors (Lipinski definition) is 3. The number of esters is 4. The van der Waals surface area contributed by atoms with Gasteiger partial charge in [0.05, 0.1) is 26.4 Å². The van der Waals surface area contributed by atoms with Crippen molar-refractivity contribution in [2.45, 2.75) is 445 Å². The summed E-state index contributed by atoms with van der Waals surface area (Å²) in [5.74, 6) is -1.35. The Hall–Kier alpha value is -1.94. The molecule has 0 saturated carbocycles. The van der Waals surface area contributed by atoms with E-state index in [0.717, 1.165) is 95.8 Å². The van der Waals surface area contributed by atoms with Gasteiger partial charge in [0, 0.05) is 25.7 Å². The highest BCUT2D eigenvalue weighted by Gasteiger charge is 2.30. The lowest BCUT2D eigenvalue weighted by atomic mass is 10.0. The minimum Gasteiger partial charge on any atom is -0.462 e. The van der Waals surface area contributed by atoms with Gasteiger partial charge in [-0.1, -0.05) is 375 Å². The zero-order chi connectivity index (χ0) is 72.7. The molecular weight excluding hydrogens is 1290 g/mol. The fourth-order valence-electron chi connectivity index (χ4n) is 12.4. The summed E-state index contributed by atoms with van der Waals surface area (Å²) >= 11 is 0. The van der Waals surface area contributed by atoms with Gasteiger partial charge in [-0.25, -0.2) is 9.13 Å². The van der Waals surface area contributed by atoms with Gasteiger partial charge < -0.3 is 33.8 Å². The molecule has 588 valence electrons. The largest absolute Gasteiger partial charge is 0.472 e. The molecule has 0 amide bonds. The summed E-state index contributed by atoms with van der Waals surface area (Å²) in [7, 11) is -9.91. The molecule has 0 rings (SSSR count). The van der Waals surface area contributed by atoms with Gasteiger partial charge in [-0.3, -0.25) is 37.3 Å². The molecule has 17 nitrogen and oxygen atoms in total. The second-order valence-electron chi connectivity index (χ2n) is 29.3. The molecule has 0 saturated heterocycles. The van der Waals surface area contributed by atoms with Crippen LogP contribution in [0.4, 0.5) is 0 Å². The molecule has 0 bridgehead atoms. The Bertz CT molecular complexity index is 1890. The van der Waals surface area contributed by atoms with E-state index in [1.165, 1.54) is 250 Å². The third-order valence-corrected chi connectivity index (χ3v) is 20.7. The van der Waals surface area contributed by atoms with Crippen molar-refractivity contribution in [1.29, 1.82) is 0 Å². The minimum absolute atomic E-state index is 0.108. The van der Waals surface area contributed by atoms with E-state index < -0.39 is 97.5 Å². The molecule has 99 heavy (non-hydrogen) atoms.